The number of methoxy groups -OCH3 is 1. The Kier molecular flexibility index (Phi) is 5.60. The molecule has 1 amide bonds. The Balaban J connectivity index is 1.75. The summed E-state index contributed by atoms with van der Waals surface area (Å²) in [6, 6.07) is 8.17. The number of benzene rings is 1. The van der Waals surface area contributed by atoms with Crippen LogP contribution in [0.4, 0.5) is 8.78 Å². The Labute approximate surface area is 183 Å². The van der Waals surface area contributed by atoms with Gasteiger partial charge in [0.2, 0.25) is 0 Å². The van der Waals surface area contributed by atoms with Crippen molar-refractivity contribution in [3.8, 4) is 17.0 Å². The van der Waals surface area contributed by atoms with Gasteiger partial charge in [-0.05, 0) is 37.3 Å². The van der Waals surface area contributed by atoms with Gasteiger partial charge >= 0.3 is 0 Å². The molecule has 166 valence electrons. The zero-order valence-electron chi connectivity index (χ0n) is 18.1. The van der Waals surface area contributed by atoms with Crippen molar-refractivity contribution < 1.29 is 18.3 Å². The van der Waals surface area contributed by atoms with Crippen LogP contribution in [-0.2, 0) is 13.6 Å². The van der Waals surface area contributed by atoms with E-state index in [1.165, 1.54) is 17.2 Å². The van der Waals surface area contributed by atoms with Crippen LogP contribution in [0.15, 0.2) is 42.7 Å². The maximum Gasteiger partial charge on any atom is 0.280 e. The molecule has 10 heteroatoms. The molecule has 0 unspecified atom stereocenters. The van der Waals surface area contributed by atoms with Crippen molar-refractivity contribution in [2.45, 2.75) is 19.9 Å². The highest BCUT2D eigenvalue weighted by molar-refractivity contribution is 5.99. The fraction of sp³-hybridized carbons (Fsp3) is 0.273. The molecular weight excluding hydrogens is 418 g/mol. The number of fused-ring (bicyclic) bond motifs is 1. The van der Waals surface area contributed by atoms with E-state index in [2.05, 4.69) is 15.2 Å². The summed E-state index contributed by atoms with van der Waals surface area (Å²) in [5, 5.41) is 8.21. The summed E-state index contributed by atoms with van der Waals surface area (Å²) >= 11 is 0. The van der Waals surface area contributed by atoms with Gasteiger partial charge in [-0.3, -0.25) is 9.48 Å². The summed E-state index contributed by atoms with van der Waals surface area (Å²) in [6.07, 6.45) is 0.182. The van der Waals surface area contributed by atoms with E-state index in [1.807, 2.05) is 14.0 Å². The molecule has 0 atom stereocenters. The summed E-state index contributed by atoms with van der Waals surface area (Å²) in [6.45, 7) is 2.23. The summed E-state index contributed by atoms with van der Waals surface area (Å²) < 4.78 is 35.5. The highest BCUT2D eigenvalue weighted by Crippen LogP contribution is 2.28. The van der Waals surface area contributed by atoms with Gasteiger partial charge in [-0.1, -0.05) is 0 Å². The van der Waals surface area contributed by atoms with Gasteiger partial charge in [0.1, 0.15) is 17.0 Å². The molecule has 0 spiro atoms. The first kappa shape index (κ1) is 21.4. The van der Waals surface area contributed by atoms with E-state index in [1.54, 1.807) is 49.3 Å². The van der Waals surface area contributed by atoms with Gasteiger partial charge in [-0.25, -0.2) is 18.3 Å². The molecule has 0 saturated carbocycles. The smallest absolute Gasteiger partial charge is 0.280 e. The highest BCUT2D eigenvalue weighted by atomic mass is 19.3. The van der Waals surface area contributed by atoms with Crippen LogP contribution in [0.1, 0.15) is 33.7 Å². The van der Waals surface area contributed by atoms with Crippen molar-refractivity contribution in [2.75, 3.05) is 14.2 Å². The minimum Gasteiger partial charge on any atom is -0.497 e. The molecule has 32 heavy (non-hydrogen) atoms. The molecule has 0 aliphatic carbocycles. The van der Waals surface area contributed by atoms with E-state index in [-0.39, 0.29) is 22.8 Å². The van der Waals surface area contributed by atoms with Crippen molar-refractivity contribution in [1.82, 2.24) is 29.3 Å². The van der Waals surface area contributed by atoms with Crippen LogP contribution in [0, 0.1) is 6.92 Å². The first-order valence-electron chi connectivity index (χ1n) is 9.84. The Morgan fingerprint density at radius 3 is 2.50 bits per heavy atom. The average Bonchev–Trinajstić information content (AvgIpc) is 3.36. The number of alkyl halides is 2. The van der Waals surface area contributed by atoms with Crippen LogP contribution < -0.4 is 4.74 Å². The first-order valence-corrected chi connectivity index (χ1v) is 9.84. The number of carbonyl (C=O) groups excluding carboxylic acids is 1. The lowest BCUT2D eigenvalue weighted by molar-refractivity contribution is 0.0786. The minimum absolute atomic E-state index is 0.0772. The lowest BCUT2D eigenvalue weighted by Crippen LogP contribution is -2.26. The van der Waals surface area contributed by atoms with Gasteiger partial charge in [-0.2, -0.15) is 10.2 Å². The molecule has 3 aromatic heterocycles. The predicted molar refractivity (Wildman–Crippen MR) is 114 cm³/mol. The van der Waals surface area contributed by atoms with E-state index in [9.17, 15) is 13.6 Å². The summed E-state index contributed by atoms with van der Waals surface area (Å²) in [5.74, 6) is 0.263. The quantitative estimate of drug-likeness (QED) is 0.457. The largest absolute Gasteiger partial charge is 0.497 e. The van der Waals surface area contributed by atoms with Crippen molar-refractivity contribution in [2.24, 2.45) is 7.05 Å². The Bertz CT molecular complexity index is 1280. The van der Waals surface area contributed by atoms with Crippen molar-refractivity contribution in [3.05, 3.63) is 65.2 Å². The molecule has 1 aromatic carbocycles. The van der Waals surface area contributed by atoms with E-state index in [0.717, 1.165) is 15.8 Å². The third kappa shape index (κ3) is 3.79. The zero-order chi connectivity index (χ0) is 23.0. The molecule has 0 radical (unpaired) electrons. The van der Waals surface area contributed by atoms with Gasteiger partial charge in [-0.15, -0.1) is 0 Å². The average molecular weight is 440 g/mol. The molecule has 0 bridgehead atoms. The van der Waals surface area contributed by atoms with Crippen LogP contribution in [0.2, 0.25) is 0 Å². The van der Waals surface area contributed by atoms with E-state index >= 15 is 0 Å². The predicted octanol–water partition coefficient (Wildman–Crippen LogP) is 3.66. The third-order valence-electron chi connectivity index (χ3n) is 5.43. The van der Waals surface area contributed by atoms with Gasteiger partial charge in [0.25, 0.3) is 12.3 Å². The van der Waals surface area contributed by atoms with Gasteiger partial charge in [0.15, 0.2) is 5.65 Å². The molecule has 0 N–H and O–H groups in total. The molecule has 0 saturated heterocycles. The fourth-order valence-corrected chi connectivity index (χ4v) is 3.43. The second-order valence-electron chi connectivity index (χ2n) is 7.43. The first-order chi connectivity index (χ1) is 15.3. The number of carbonyl (C=O) groups is 1. The molecule has 8 nitrogen and oxygen atoms in total. The number of ether oxygens (including phenoxy) is 1. The number of hydrogen-bond acceptors (Lipinski definition) is 5. The second kappa shape index (κ2) is 8.37. The molecule has 0 aliphatic rings. The molecular formula is C22H22F2N6O2. The van der Waals surface area contributed by atoms with Crippen LogP contribution in [-0.4, -0.2) is 49.3 Å². The van der Waals surface area contributed by atoms with Crippen LogP contribution in [0.3, 0.4) is 0 Å². The Morgan fingerprint density at radius 2 is 1.91 bits per heavy atom. The molecule has 4 aromatic rings. The van der Waals surface area contributed by atoms with Gasteiger partial charge in [0, 0.05) is 37.5 Å². The maximum absolute atomic E-state index is 13.8. The molecule has 3 heterocycles. The fourth-order valence-electron chi connectivity index (χ4n) is 3.43. The van der Waals surface area contributed by atoms with E-state index in [0.29, 0.717) is 23.6 Å². The van der Waals surface area contributed by atoms with Crippen LogP contribution in [0.5, 0.6) is 5.75 Å². The monoisotopic (exact) mass is 440 g/mol. The third-order valence-corrected chi connectivity index (χ3v) is 5.43. The normalized spacial score (nSPS) is 11.3. The van der Waals surface area contributed by atoms with Crippen molar-refractivity contribution in [1.29, 1.82) is 0 Å². The minimum atomic E-state index is -2.80. The number of aryl methyl sites for hydroxylation is 1. The number of hydrogen-bond donors (Lipinski definition) is 0. The Hall–Kier alpha value is -3.82. The standard InChI is InChI=1S/C22H22F2N6O2/c1-13-15(10-25-29(13)3)12-28(2)22(31)17-11-26-30-19(20(23)24)9-18(27-21(17)30)14-5-7-16(32-4)8-6-14/h5-11,20H,12H2,1-4H3. The zero-order valence-corrected chi connectivity index (χ0v) is 18.1. The molecule has 0 fully saturated rings. The van der Waals surface area contributed by atoms with Gasteiger partial charge < -0.3 is 9.64 Å². The number of halogens is 2. The summed E-state index contributed by atoms with van der Waals surface area (Å²) in [7, 11) is 5.00. The topological polar surface area (TPSA) is 77.5 Å². The van der Waals surface area contributed by atoms with Crippen molar-refractivity contribution >= 4 is 11.6 Å². The lowest BCUT2D eigenvalue weighted by Gasteiger charge is -2.16. The van der Waals surface area contributed by atoms with E-state index < -0.39 is 6.43 Å². The van der Waals surface area contributed by atoms with Crippen LogP contribution in [0.25, 0.3) is 16.9 Å². The number of rotatable bonds is 6. The number of nitrogens with zero attached hydrogens (tertiary/aromatic N) is 6. The number of amides is 1. The Morgan fingerprint density at radius 1 is 1.19 bits per heavy atom. The summed E-state index contributed by atoms with van der Waals surface area (Å²) in [4.78, 5) is 19.1. The highest BCUT2D eigenvalue weighted by Gasteiger charge is 2.24. The number of aromatic nitrogens is 5. The second-order valence-corrected chi connectivity index (χ2v) is 7.43. The van der Waals surface area contributed by atoms with Crippen molar-refractivity contribution in [3.63, 3.8) is 0 Å². The van der Waals surface area contributed by atoms with E-state index in [4.69, 9.17) is 4.74 Å². The van der Waals surface area contributed by atoms with Crippen LogP contribution >= 0.6 is 0 Å². The SMILES string of the molecule is COc1ccc(-c2cc(C(F)F)n3ncc(C(=O)N(C)Cc4cnn(C)c4C)c3n2)cc1. The van der Waals surface area contributed by atoms with Gasteiger partial charge in [0.05, 0.1) is 25.2 Å². The maximum atomic E-state index is 13.8. The lowest BCUT2D eigenvalue weighted by atomic mass is 10.1. The summed E-state index contributed by atoms with van der Waals surface area (Å²) in [5.41, 5.74) is 2.64. The molecule has 4 rings (SSSR count). The molecule has 0 aliphatic heterocycles.